The van der Waals surface area contributed by atoms with Gasteiger partial charge in [0, 0.05) is 12.1 Å². The summed E-state index contributed by atoms with van der Waals surface area (Å²) in [6, 6.07) is 0.796. The summed E-state index contributed by atoms with van der Waals surface area (Å²) in [7, 11) is 0. The Kier molecular flexibility index (Phi) is 5.10. The van der Waals surface area contributed by atoms with Crippen LogP contribution in [0, 0.1) is 40.9 Å². The fourth-order valence-corrected chi connectivity index (χ4v) is 5.29. The van der Waals surface area contributed by atoms with E-state index in [1.807, 2.05) is 0 Å². The lowest BCUT2D eigenvalue weighted by Crippen LogP contribution is -2.49. The third-order valence-electron chi connectivity index (χ3n) is 7.36. The van der Waals surface area contributed by atoms with Gasteiger partial charge in [-0.3, -0.25) is 0 Å². The van der Waals surface area contributed by atoms with Crippen molar-refractivity contribution < 1.29 is 0 Å². The van der Waals surface area contributed by atoms with Crippen LogP contribution in [0.1, 0.15) is 67.2 Å². The lowest BCUT2D eigenvalue weighted by Gasteiger charge is -2.51. The fourth-order valence-electron chi connectivity index (χ4n) is 5.29. The van der Waals surface area contributed by atoms with E-state index < -0.39 is 0 Å². The maximum atomic E-state index is 6.35. The van der Waals surface area contributed by atoms with Crippen molar-refractivity contribution in [3.05, 3.63) is 0 Å². The average molecular weight is 295 g/mol. The van der Waals surface area contributed by atoms with Crippen LogP contribution in [0.3, 0.4) is 0 Å². The van der Waals surface area contributed by atoms with Gasteiger partial charge in [0.1, 0.15) is 0 Å². The summed E-state index contributed by atoms with van der Waals surface area (Å²) in [6.07, 6.45) is 5.24. The molecule has 2 heteroatoms. The Labute approximate surface area is 132 Å². The van der Waals surface area contributed by atoms with Crippen LogP contribution in [-0.4, -0.2) is 12.1 Å². The van der Waals surface area contributed by atoms with Crippen LogP contribution in [0.4, 0.5) is 0 Å². The first-order valence-corrected chi connectivity index (χ1v) is 9.15. The first-order chi connectivity index (χ1) is 9.64. The van der Waals surface area contributed by atoms with Gasteiger partial charge in [0.15, 0.2) is 0 Å². The summed E-state index contributed by atoms with van der Waals surface area (Å²) in [5.41, 5.74) is 13.1. The predicted molar refractivity (Wildman–Crippen MR) is 91.8 cm³/mol. The van der Waals surface area contributed by atoms with Crippen LogP contribution in [-0.2, 0) is 0 Å². The average Bonchev–Trinajstić information content (AvgIpc) is 2.40. The van der Waals surface area contributed by atoms with Crippen LogP contribution in [0.2, 0.25) is 0 Å². The largest absolute Gasteiger partial charge is 0.327 e. The number of nitrogens with two attached hydrogens (primary N) is 2. The molecule has 0 heterocycles. The molecule has 21 heavy (non-hydrogen) atoms. The molecule has 0 amide bonds. The van der Waals surface area contributed by atoms with Crippen molar-refractivity contribution in [2.45, 2.75) is 79.3 Å². The molecule has 4 N–H and O–H groups in total. The van der Waals surface area contributed by atoms with Gasteiger partial charge in [-0.15, -0.1) is 0 Å². The highest BCUT2D eigenvalue weighted by Crippen LogP contribution is 2.51. The Morgan fingerprint density at radius 1 is 0.619 bits per heavy atom. The fraction of sp³-hybridized carbons (Fsp3) is 1.00. The Bertz CT molecular complexity index is 295. The van der Waals surface area contributed by atoms with Crippen molar-refractivity contribution in [2.75, 3.05) is 0 Å². The monoisotopic (exact) mass is 294 g/mol. The molecule has 0 aromatic carbocycles. The summed E-state index contributed by atoms with van der Waals surface area (Å²) < 4.78 is 0. The Morgan fingerprint density at radius 2 is 0.857 bits per heavy atom. The zero-order valence-electron chi connectivity index (χ0n) is 15.1. The first-order valence-electron chi connectivity index (χ1n) is 9.15. The van der Waals surface area contributed by atoms with E-state index >= 15 is 0 Å². The second-order valence-corrected chi connectivity index (χ2v) is 9.22. The molecule has 124 valence electrons. The smallest absolute Gasteiger partial charge is 0.00905 e. The van der Waals surface area contributed by atoms with E-state index in [1.165, 1.54) is 25.7 Å². The molecule has 2 aliphatic rings. The maximum absolute atomic E-state index is 6.35. The lowest BCUT2D eigenvalue weighted by atomic mass is 9.55. The van der Waals surface area contributed by atoms with Crippen LogP contribution >= 0.6 is 0 Å². The molecule has 4 unspecified atom stereocenters. The molecule has 0 radical (unpaired) electrons. The molecular formula is C19H38N2. The van der Waals surface area contributed by atoms with E-state index in [4.69, 9.17) is 11.5 Å². The highest BCUT2D eigenvalue weighted by Gasteiger charge is 2.45. The molecule has 2 fully saturated rings. The summed E-state index contributed by atoms with van der Waals surface area (Å²) in [6.45, 7) is 14.5. The lowest BCUT2D eigenvalue weighted by molar-refractivity contribution is -0.00130. The van der Waals surface area contributed by atoms with Gasteiger partial charge in [0.25, 0.3) is 0 Å². The van der Waals surface area contributed by atoms with Gasteiger partial charge in [-0.25, -0.2) is 0 Å². The second kappa shape index (κ2) is 6.20. The molecule has 0 saturated heterocycles. The zero-order valence-corrected chi connectivity index (χ0v) is 15.1. The Balaban J connectivity index is 2.10. The Morgan fingerprint density at radius 3 is 1.10 bits per heavy atom. The van der Waals surface area contributed by atoms with Gasteiger partial charge in [-0.1, -0.05) is 41.5 Å². The molecule has 2 rings (SSSR count). The standard InChI is InChI=1S/C19H38N2/c1-11-7-15(8-12(2)17(11)20)19(5,6)16-9-13(3)18(21)14(4)10-16/h11-18H,7-10,20-21H2,1-6H3/t11-,12+,13-,14+,15?,16?,17?,18?. The molecule has 0 spiro atoms. The maximum Gasteiger partial charge on any atom is 0.00905 e. The molecule has 8 atom stereocenters. The molecule has 2 nitrogen and oxygen atoms in total. The van der Waals surface area contributed by atoms with Crippen molar-refractivity contribution in [3.8, 4) is 0 Å². The minimum absolute atomic E-state index is 0.398. The van der Waals surface area contributed by atoms with Gasteiger partial charge in [-0.05, 0) is 66.6 Å². The minimum Gasteiger partial charge on any atom is -0.327 e. The van der Waals surface area contributed by atoms with E-state index in [1.54, 1.807) is 0 Å². The van der Waals surface area contributed by atoms with Crippen LogP contribution < -0.4 is 11.5 Å². The Hall–Kier alpha value is -0.0800. The molecule has 0 aromatic rings. The van der Waals surface area contributed by atoms with Gasteiger partial charge in [0.2, 0.25) is 0 Å². The normalized spacial score (nSPS) is 49.1. The second-order valence-electron chi connectivity index (χ2n) is 9.22. The third-order valence-corrected chi connectivity index (χ3v) is 7.36. The van der Waals surface area contributed by atoms with E-state index in [0.717, 1.165) is 11.8 Å². The number of hydrogen-bond acceptors (Lipinski definition) is 2. The SMILES string of the molecule is C[C@@H]1CC(C(C)(C)C2C[C@@H](C)C(N)[C@@H](C)C2)C[C@H](C)C1N. The molecule has 0 bridgehead atoms. The minimum atomic E-state index is 0.398. The van der Waals surface area contributed by atoms with Gasteiger partial charge in [0.05, 0.1) is 0 Å². The summed E-state index contributed by atoms with van der Waals surface area (Å²) >= 11 is 0. The first kappa shape index (κ1) is 17.3. The van der Waals surface area contributed by atoms with Gasteiger partial charge < -0.3 is 11.5 Å². The molecule has 0 aliphatic heterocycles. The summed E-state index contributed by atoms with van der Waals surface area (Å²) in [5.74, 6) is 4.30. The van der Waals surface area contributed by atoms with Gasteiger partial charge >= 0.3 is 0 Å². The summed E-state index contributed by atoms with van der Waals surface area (Å²) in [5, 5.41) is 0. The molecule has 0 aromatic heterocycles. The highest BCUT2D eigenvalue weighted by atomic mass is 14.7. The zero-order chi connectivity index (χ0) is 15.9. The van der Waals surface area contributed by atoms with Crippen molar-refractivity contribution >= 4 is 0 Å². The van der Waals surface area contributed by atoms with Crippen LogP contribution in [0.25, 0.3) is 0 Å². The van der Waals surface area contributed by atoms with Crippen molar-refractivity contribution in [1.82, 2.24) is 0 Å². The molecular weight excluding hydrogens is 256 g/mol. The number of rotatable bonds is 2. The summed E-state index contributed by atoms with van der Waals surface area (Å²) in [4.78, 5) is 0. The quantitative estimate of drug-likeness (QED) is 0.808. The van der Waals surface area contributed by atoms with E-state index in [2.05, 4.69) is 41.5 Å². The van der Waals surface area contributed by atoms with Crippen LogP contribution in [0.5, 0.6) is 0 Å². The van der Waals surface area contributed by atoms with E-state index in [9.17, 15) is 0 Å². The van der Waals surface area contributed by atoms with E-state index in [-0.39, 0.29) is 0 Å². The predicted octanol–water partition coefficient (Wildman–Crippen LogP) is 4.03. The highest BCUT2D eigenvalue weighted by molar-refractivity contribution is 4.97. The third kappa shape index (κ3) is 3.32. The molecule has 2 aliphatic carbocycles. The van der Waals surface area contributed by atoms with E-state index in [0.29, 0.717) is 41.2 Å². The molecule has 2 saturated carbocycles. The number of hydrogen-bond donors (Lipinski definition) is 2. The van der Waals surface area contributed by atoms with Crippen molar-refractivity contribution in [2.24, 2.45) is 52.4 Å². The van der Waals surface area contributed by atoms with Crippen molar-refractivity contribution in [3.63, 3.8) is 0 Å². The topological polar surface area (TPSA) is 52.0 Å². The van der Waals surface area contributed by atoms with Gasteiger partial charge in [-0.2, -0.15) is 0 Å². The van der Waals surface area contributed by atoms with Crippen LogP contribution in [0.15, 0.2) is 0 Å². The van der Waals surface area contributed by atoms with Crippen molar-refractivity contribution in [1.29, 1.82) is 0 Å².